The van der Waals surface area contributed by atoms with Crippen LogP contribution in [-0.2, 0) is 6.61 Å². The average molecular weight is 267 g/mol. The lowest BCUT2D eigenvalue weighted by molar-refractivity contribution is 0.106. The van der Waals surface area contributed by atoms with Crippen LogP contribution in [0.2, 0.25) is 0 Å². The SMILES string of the molecule is Cc1ccc(OCc2ccccc2C(=O)C=N)c(C)c1. The highest BCUT2D eigenvalue weighted by Gasteiger charge is 2.09. The minimum Gasteiger partial charge on any atom is -0.489 e. The Morgan fingerprint density at radius 1 is 1.20 bits per heavy atom. The van der Waals surface area contributed by atoms with E-state index in [0.717, 1.165) is 23.1 Å². The molecule has 0 unspecified atom stereocenters. The van der Waals surface area contributed by atoms with Gasteiger partial charge < -0.3 is 10.1 Å². The van der Waals surface area contributed by atoms with Gasteiger partial charge >= 0.3 is 0 Å². The second kappa shape index (κ2) is 6.15. The van der Waals surface area contributed by atoms with E-state index in [2.05, 4.69) is 6.07 Å². The minimum absolute atomic E-state index is 0.301. The molecule has 0 aliphatic rings. The molecule has 0 aliphatic carbocycles. The zero-order valence-electron chi connectivity index (χ0n) is 11.6. The predicted molar refractivity (Wildman–Crippen MR) is 79.8 cm³/mol. The molecule has 0 radical (unpaired) electrons. The van der Waals surface area contributed by atoms with Gasteiger partial charge in [-0.1, -0.05) is 42.0 Å². The van der Waals surface area contributed by atoms with Gasteiger partial charge in [-0.3, -0.25) is 4.79 Å². The van der Waals surface area contributed by atoms with Gasteiger partial charge in [-0.05, 0) is 25.5 Å². The van der Waals surface area contributed by atoms with Crippen molar-refractivity contribution in [3.8, 4) is 5.75 Å². The van der Waals surface area contributed by atoms with E-state index in [9.17, 15) is 4.79 Å². The summed E-state index contributed by atoms with van der Waals surface area (Å²) in [5.41, 5.74) is 3.57. The third-order valence-corrected chi connectivity index (χ3v) is 3.13. The van der Waals surface area contributed by atoms with E-state index in [1.807, 2.05) is 38.1 Å². The Balaban J connectivity index is 2.19. The molecular weight excluding hydrogens is 250 g/mol. The van der Waals surface area contributed by atoms with Crippen LogP contribution in [0.4, 0.5) is 0 Å². The Morgan fingerprint density at radius 2 is 1.95 bits per heavy atom. The Kier molecular flexibility index (Phi) is 4.31. The molecule has 0 atom stereocenters. The maximum Gasteiger partial charge on any atom is 0.203 e. The number of carbonyl (C=O) groups excluding carboxylic acids is 1. The fourth-order valence-electron chi connectivity index (χ4n) is 2.08. The smallest absolute Gasteiger partial charge is 0.203 e. The summed E-state index contributed by atoms with van der Waals surface area (Å²) in [6.45, 7) is 4.35. The molecular formula is C17H17NO2. The summed E-state index contributed by atoms with van der Waals surface area (Å²) in [4.78, 5) is 11.7. The van der Waals surface area contributed by atoms with E-state index in [1.54, 1.807) is 12.1 Å². The number of hydrogen-bond donors (Lipinski definition) is 1. The standard InChI is InChI=1S/C17H17NO2/c1-12-7-8-17(13(2)9-12)20-11-14-5-3-4-6-15(14)16(19)10-18/h3-10,18H,11H2,1-2H3. The normalized spacial score (nSPS) is 10.1. The molecule has 3 heteroatoms. The van der Waals surface area contributed by atoms with Crippen LogP contribution < -0.4 is 4.74 Å². The minimum atomic E-state index is -0.301. The van der Waals surface area contributed by atoms with Crippen molar-refractivity contribution in [2.45, 2.75) is 20.5 Å². The highest BCUT2D eigenvalue weighted by atomic mass is 16.5. The van der Waals surface area contributed by atoms with Crippen LogP contribution in [-0.4, -0.2) is 12.0 Å². The van der Waals surface area contributed by atoms with Crippen LogP contribution >= 0.6 is 0 Å². The molecule has 1 N–H and O–H groups in total. The Bertz CT molecular complexity index is 647. The van der Waals surface area contributed by atoms with Crippen molar-refractivity contribution in [1.82, 2.24) is 0 Å². The first-order valence-corrected chi connectivity index (χ1v) is 6.44. The number of nitrogens with one attached hydrogen (secondary N) is 1. The highest BCUT2D eigenvalue weighted by molar-refractivity contribution is 6.34. The van der Waals surface area contributed by atoms with Crippen LogP contribution in [0.25, 0.3) is 0 Å². The van der Waals surface area contributed by atoms with Gasteiger partial charge in [-0.15, -0.1) is 0 Å². The third-order valence-electron chi connectivity index (χ3n) is 3.13. The molecule has 0 amide bonds. The van der Waals surface area contributed by atoms with Crippen molar-refractivity contribution in [3.63, 3.8) is 0 Å². The first-order valence-electron chi connectivity index (χ1n) is 6.44. The van der Waals surface area contributed by atoms with Gasteiger partial charge in [0.15, 0.2) is 0 Å². The number of ether oxygens (including phenoxy) is 1. The molecule has 2 aromatic rings. The fourth-order valence-corrected chi connectivity index (χ4v) is 2.08. The number of ketones is 1. The monoisotopic (exact) mass is 267 g/mol. The van der Waals surface area contributed by atoms with Crippen LogP contribution in [0.5, 0.6) is 5.75 Å². The van der Waals surface area contributed by atoms with E-state index >= 15 is 0 Å². The van der Waals surface area contributed by atoms with Crippen molar-refractivity contribution in [2.24, 2.45) is 0 Å². The maximum atomic E-state index is 11.7. The summed E-state index contributed by atoms with van der Waals surface area (Å²) < 4.78 is 5.79. The van der Waals surface area contributed by atoms with Crippen molar-refractivity contribution in [2.75, 3.05) is 0 Å². The van der Waals surface area contributed by atoms with Gasteiger partial charge in [0, 0.05) is 11.1 Å². The quantitative estimate of drug-likeness (QED) is 0.663. The molecule has 0 heterocycles. The Labute approximate surface area is 118 Å². The molecule has 20 heavy (non-hydrogen) atoms. The van der Waals surface area contributed by atoms with Crippen molar-refractivity contribution < 1.29 is 9.53 Å². The lowest BCUT2D eigenvalue weighted by Gasteiger charge is -2.11. The number of aryl methyl sites for hydroxylation is 2. The predicted octanol–water partition coefficient (Wildman–Crippen LogP) is 3.71. The van der Waals surface area contributed by atoms with E-state index in [1.165, 1.54) is 5.56 Å². The number of benzene rings is 2. The molecule has 0 spiro atoms. The number of Topliss-reactive ketones (excluding diaryl/α,β-unsaturated/α-hetero) is 1. The number of hydrogen-bond acceptors (Lipinski definition) is 3. The second-order valence-electron chi connectivity index (χ2n) is 4.72. The van der Waals surface area contributed by atoms with Gasteiger partial charge in [-0.2, -0.15) is 0 Å². The summed E-state index contributed by atoms with van der Waals surface area (Å²) >= 11 is 0. The molecule has 0 bridgehead atoms. The first-order chi connectivity index (χ1) is 9.61. The van der Waals surface area contributed by atoms with Crippen molar-refractivity contribution in [3.05, 3.63) is 64.7 Å². The fraction of sp³-hybridized carbons (Fsp3) is 0.176. The van der Waals surface area contributed by atoms with Crippen molar-refractivity contribution in [1.29, 1.82) is 5.41 Å². The molecule has 3 nitrogen and oxygen atoms in total. The topological polar surface area (TPSA) is 50.2 Å². The molecule has 0 aromatic heterocycles. The molecule has 2 rings (SSSR count). The molecule has 0 saturated carbocycles. The lowest BCUT2D eigenvalue weighted by Crippen LogP contribution is -2.07. The Hall–Kier alpha value is -2.42. The van der Waals surface area contributed by atoms with Crippen LogP contribution in [0.15, 0.2) is 42.5 Å². The van der Waals surface area contributed by atoms with E-state index in [0.29, 0.717) is 12.2 Å². The number of rotatable bonds is 5. The van der Waals surface area contributed by atoms with Gasteiger partial charge in [0.2, 0.25) is 5.78 Å². The van der Waals surface area contributed by atoms with Crippen LogP contribution in [0.3, 0.4) is 0 Å². The van der Waals surface area contributed by atoms with E-state index in [4.69, 9.17) is 10.1 Å². The largest absolute Gasteiger partial charge is 0.489 e. The van der Waals surface area contributed by atoms with Crippen LogP contribution in [0.1, 0.15) is 27.0 Å². The Morgan fingerprint density at radius 3 is 2.65 bits per heavy atom. The van der Waals surface area contributed by atoms with Crippen LogP contribution in [0, 0.1) is 19.3 Å². The summed E-state index contributed by atoms with van der Waals surface area (Å²) in [6, 6.07) is 13.2. The zero-order chi connectivity index (χ0) is 14.5. The zero-order valence-corrected chi connectivity index (χ0v) is 11.6. The van der Waals surface area contributed by atoms with Crippen molar-refractivity contribution >= 4 is 12.0 Å². The number of carbonyl (C=O) groups is 1. The first kappa shape index (κ1) is 14.0. The molecule has 0 aliphatic heterocycles. The summed E-state index contributed by atoms with van der Waals surface area (Å²) in [5, 5.41) is 7.08. The summed E-state index contributed by atoms with van der Waals surface area (Å²) in [7, 11) is 0. The molecule has 102 valence electrons. The molecule has 0 fully saturated rings. The second-order valence-corrected chi connectivity index (χ2v) is 4.72. The summed E-state index contributed by atoms with van der Waals surface area (Å²) in [6.07, 6.45) is 0.829. The lowest BCUT2D eigenvalue weighted by atomic mass is 10.0. The molecule has 0 saturated heterocycles. The maximum absolute atomic E-state index is 11.7. The van der Waals surface area contributed by atoms with Gasteiger partial charge in [0.05, 0.1) is 6.21 Å². The van der Waals surface area contributed by atoms with E-state index in [-0.39, 0.29) is 5.78 Å². The molecule has 2 aromatic carbocycles. The van der Waals surface area contributed by atoms with Gasteiger partial charge in [0.1, 0.15) is 12.4 Å². The highest BCUT2D eigenvalue weighted by Crippen LogP contribution is 2.21. The van der Waals surface area contributed by atoms with Gasteiger partial charge in [-0.25, -0.2) is 0 Å². The summed E-state index contributed by atoms with van der Waals surface area (Å²) in [5.74, 6) is 0.512. The third kappa shape index (κ3) is 3.12. The van der Waals surface area contributed by atoms with Gasteiger partial charge in [0.25, 0.3) is 0 Å². The van der Waals surface area contributed by atoms with E-state index < -0.39 is 0 Å². The average Bonchev–Trinajstić information content (AvgIpc) is 2.46.